The highest BCUT2D eigenvalue weighted by atomic mass is 19.4. The van der Waals surface area contributed by atoms with Gasteiger partial charge in [-0.1, -0.05) is 18.2 Å². The molecule has 0 unspecified atom stereocenters. The van der Waals surface area contributed by atoms with Crippen LogP contribution in [0.1, 0.15) is 31.8 Å². The lowest BCUT2D eigenvalue weighted by atomic mass is 10.1. The fourth-order valence-corrected chi connectivity index (χ4v) is 2.89. The highest BCUT2D eigenvalue weighted by molar-refractivity contribution is 6.07. The van der Waals surface area contributed by atoms with Crippen molar-refractivity contribution in [2.75, 3.05) is 17.7 Å². The van der Waals surface area contributed by atoms with E-state index >= 15 is 0 Å². The molecule has 0 radical (unpaired) electrons. The van der Waals surface area contributed by atoms with E-state index in [1.165, 1.54) is 19.3 Å². The first-order valence-corrected chi connectivity index (χ1v) is 9.43. The van der Waals surface area contributed by atoms with Crippen LogP contribution in [0.2, 0.25) is 0 Å². The Balaban J connectivity index is 2.02. The Bertz CT molecular complexity index is 1230. The summed E-state index contributed by atoms with van der Waals surface area (Å²) in [7, 11) is 1.38. The lowest BCUT2D eigenvalue weighted by Gasteiger charge is -2.15. The van der Waals surface area contributed by atoms with Crippen molar-refractivity contribution in [3.05, 3.63) is 82.5 Å². The van der Waals surface area contributed by atoms with E-state index in [0.29, 0.717) is 11.8 Å². The number of nitrogens with zero attached hydrogens (tertiary/aromatic N) is 1. The Kier molecular flexibility index (Phi) is 6.61. The monoisotopic (exact) mass is 464 g/mol. The first-order valence-electron chi connectivity index (χ1n) is 9.43. The standard InChI is InChI=1S/C22H17F5N4O2/c1-11-5-3-4-6-16(11)30-19-17(9-13(10-29-19)20(32)28-2)31-21(33)12-7-14(22(25,26)27)18(24)15(23)8-12/h3-10H,1-2H3,(H,28,32)(H,29,30)(H,31,33). The van der Waals surface area contributed by atoms with Crippen LogP contribution in [0.4, 0.5) is 39.1 Å². The molecule has 3 N–H and O–H groups in total. The number of nitrogens with one attached hydrogen (secondary N) is 3. The number of aryl methyl sites for hydroxylation is 1. The van der Waals surface area contributed by atoms with E-state index in [0.717, 1.165) is 5.56 Å². The van der Waals surface area contributed by atoms with Crippen molar-refractivity contribution in [3.63, 3.8) is 0 Å². The minimum absolute atomic E-state index is 0.0457. The van der Waals surface area contributed by atoms with Crippen LogP contribution >= 0.6 is 0 Å². The average Bonchev–Trinajstić information content (AvgIpc) is 2.76. The molecule has 0 atom stereocenters. The maximum Gasteiger partial charge on any atom is 0.419 e. The summed E-state index contributed by atoms with van der Waals surface area (Å²) in [6.45, 7) is 1.81. The van der Waals surface area contributed by atoms with E-state index in [4.69, 9.17) is 0 Å². The normalized spacial score (nSPS) is 11.1. The molecule has 0 aliphatic rings. The quantitative estimate of drug-likeness (QED) is 0.462. The number of pyridine rings is 1. The second-order valence-corrected chi connectivity index (χ2v) is 6.91. The Hall–Kier alpha value is -4.02. The van der Waals surface area contributed by atoms with Gasteiger partial charge in [-0.05, 0) is 36.8 Å². The fraction of sp³-hybridized carbons (Fsp3) is 0.136. The van der Waals surface area contributed by atoms with Crippen molar-refractivity contribution >= 4 is 29.0 Å². The second kappa shape index (κ2) is 9.23. The number of rotatable bonds is 5. The van der Waals surface area contributed by atoms with E-state index in [9.17, 15) is 31.5 Å². The maximum absolute atomic E-state index is 13.8. The first-order chi connectivity index (χ1) is 15.5. The van der Waals surface area contributed by atoms with E-state index in [1.807, 2.05) is 0 Å². The molecular formula is C22H17F5N4O2. The number of para-hydroxylation sites is 1. The third kappa shape index (κ3) is 5.25. The van der Waals surface area contributed by atoms with Crippen molar-refractivity contribution in [1.82, 2.24) is 10.3 Å². The molecule has 3 aromatic rings. The molecule has 2 aromatic carbocycles. The van der Waals surface area contributed by atoms with Gasteiger partial charge in [-0.15, -0.1) is 0 Å². The summed E-state index contributed by atoms with van der Waals surface area (Å²) in [5, 5.41) is 7.66. The molecule has 2 amide bonds. The van der Waals surface area contributed by atoms with Crippen molar-refractivity contribution < 1.29 is 31.5 Å². The van der Waals surface area contributed by atoms with Gasteiger partial charge >= 0.3 is 6.18 Å². The molecule has 0 saturated heterocycles. The van der Waals surface area contributed by atoms with Gasteiger partial charge in [0.25, 0.3) is 11.8 Å². The predicted molar refractivity (Wildman–Crippen MR) is 111 cm³/mol. The Morgan fingerprint density at radius 3 is 2.27 bits per heavy atom. The molecule has 172 valence electrons. The summed E-state index contributed by atoms with van der Waals surface area (Å²) in [5.41, 5.74) is -1.27. The molecule has 3 rings (SSSR count). The number of aromatic nitrogens is 1. The Morgan fingerprint density at radius 1 is 0.939 bits per heavy atom. The maximum atomic E-state index is 13.8. The van der Waals surface area contributed by atoms with Crippen molar-refractivity contribution in [3.8, 4) is 0 Å². The molecule has 0 saturated carbocycles. The van der Waals surface area contributed by atoms with Crippen LogP contribution in [0.3, 0.4) is 0 Å². The lowest BCUT2D eigenvalue weighted by Crippen LogP contribution is -2.20. The van der Waals surface area contributed by atoms with Gasteiger partial charge in [-0.25, -0.2) is 13.8 Å². The number of anilines is 3. The van der Waals surface area contributed by atoms with Crippen molar-refractivity contribution in [2.24, 2.45) is 0 Å². The van der Waals surface area contributed by atoms with Gasteiger partial charge in [0.2, 0.25) is 0 Å². The van der Waals surface area contributed by atoms with Crippen LogP contribution in [0.15, 0.2) is 48.7 Å². The van der Waals surface area contributed by atoms with E-state index in [2.05, 4.69) is 20.9 Å². The number of carbonyl (C=O) groups excluding carboxylic acids is 2. The average molecular weight is 464 g/mol. The predicted octanol–water partition coefficient (Wildman–Crippen LogP) is 5.04. The second-order valence-electron chi connectivity index (χ2n) is 6.91. The summed E-state index contributed by atoms with van der Waals surface area (Å²) in [6, 6.07) is 8.87. The van der Waals surface area contributed by atoms with Gasteiger partial charge in [0, 0.05) is 24.5 Å². The largest absolute Gasteiger partial charge is 0.419 e. The zero-order valence-corrected chi connectivity index (χ0v) is 17.3. The molecule has 0 aliphatic heterocycles. The van der Waals surface area contributed by atoms with Crippen LogP contribution in [-0.4, -0.2) is 23.8 Å². The molecule has 0 spiro atoms. The van der Waals surface area contributed by atoms with Crippen LogP contribution in [-0.2, 0) is 6.18 Å². The van der Waals surface area contributed by atoms with Gasteiger partial charge in [-0.3, -0.25) is 9.59 Å². The smallest absolute Gasteiger partial charge is 0.355 e. The van der Waals surface area contributed by atoms with Crippen LogP contribution in [0.25, 0.3) is 0 Å². The number of carbonyl (C=O) groups is 2. The summed E-state index contributed by atoms with van der Waals surface area (Å²) in [5.74, 6) is -5.56. The highest BCUT2D eigenvalue weighted by Gasteiger charge is 2.36. The summed E-state index contributed by atoms with van der Waals surface area (Å²) < 4.78 is 66.4. The number of hydrogen-bond donors (Lipinski definition) is 3. The van der Waals surface area contributed by atoms with Crippen molar-refractivity contribution in [2.45, 2.75) is 13.1 Å². The van der Waals surface area contributed by atoms with Gasteiger partial charge in [-0.2, -0.15) is 13.2 Å². The van der Waals surface area contributed by atoms with Crippen molar-refractivity contribution in [1.29, 1.82) is 0 Å². The number of benzene rings is 2. The summed E-state index contributed by atoms with van der Waals surface area (Å²) in [4.78, 5) is 28.8. The molecule has 1 heterocycles. The topological polar surface area (TPSA) is 83.1 Å². The molecule has 1 aromatic heterocycles. The SMILES string of the molecule is CNC(=O)c1cnc(Nc2ccccc2C)c(NC(=O)c2cc(F)c(F)c(C(F)(F)F)c2)c1. The Morgan fingerprint density at radius 2 is 1.64 bits per heavy atom. The lowest BCUT2D eigenvalue weighted by molar-refractivity contribution is -0.140. The third-order valence-electron chi connectivity index (χ3n) is 4.62. The number of alkyl halides is 3. The molecule has 33 heavy (non-hydrogen) atoms. The highest BCUT2D eigenvalue weighted by Crippen LogP contribution is 2.33. The Labute approximate surface area is 184 Å². The van der Waals surface area contributed by atoms with Gasteiger partial charge in [0.05, 0.1) is 16.8 Å². The molecule has 0 fully saturated rings. The van der Waals surface area contributed by atoms with Gasteiger partial charge in [0.1, 0.15) is 0 Å². The minimum Gasteiger partial charge on any atom is -0.355 e. The fourth-order valence-electron chi connectivity index (χ4n) is 2.89. The summed E-state index contributed by atoms with van der Waals surface area (Å²) in [6.07, 6.45) is -3.98. The minimum atomic E-state index is -5.21. The van der Waals surface area contributed by atoms with Crippen LogP contribution in [0.5, 0.6) is 0 Å². The first kappa shape index (κ1) is 23.6. The molecule has 0 aliphatic carbocycles. The number of amides is 2. The molecule has 6 nitrogen and oxygen atoms in total. The number of halogens is 5. The molecule has 11 heteroatoms. The van der Waals surface area contributed by atoms with Crippen LogP contribution < -0.4 is 16.0 Å². The molecular weight excluding hydrogens is 447 g/mol. The number of hydrogen-bond acceptors (Lipinski definition) is 4. The summed E-state index contributed by atoms with van der Waals surface area (Å²) >= 11 is 0. The third-order valence-corrected chi connectivity index (χ3v) is 4.62. The van der Waals surface area contributed by atoms with Crippen LogP contribution in [0, 0.1) is 18.6 Å². The zero-order chi connectivity index (χ0) is 24.3. The van der Waals surface area contributed by atoms with E-state index < -0.39 is 40.8 Å². The van der Waals surface area contributed by atoms with E-state index in [-0.39, 0.29) is 23.1 Å². The van der Waals surface area contributed by atoms with Gasteiger partial charge < -0.3 is 16.0 Å². The van der Waals surface area contributed by atoms with E-state index in [1.54, 1.807) is 31.2 Å². The molecule has 0 bridgehead atoms. The van der Waals surface area contributed by atoms with Gasteiger partial charge in [0.15, 0.2) is 17.5 Å². The zero-order valence-electron chi connectivity index (χ0n) is 17.3.